The molecule has 0 rings (SSSR count). The molecule has 0 heterocycles. The SMILES string of the molecule is CN=C(C)CC(C)=NC(C)(C)C. The first kappa shape index (κ1) is 11.3. The molecule has 2 nitrogen and oxygen atoms in total. The molecule has 0 N–H and O–H groups in total. The van der Waals surface area contributed by atoms with Crippen molar-refractivity contribution >= 4 is 11.4 Å². The van der Waals surface area contributed by atoms with Gasteiger partial charge in [-0.1, -0.05) is 0 Å². The number of hydrogen-bond donors (Lipinski definition) is 0. The summed E-state index contributed by atoms with van der Waals surface area (Å²) in [4.78, 5) is 8.63. The van der Waals surface area contributed by atoms with Crippen molar-refractivity contribution in [1.82, 2.24) is 0 Å². The Hall–Kier alpha value is -0.660. The third kappa shape index (κ3) is 6.08. The lowest BCUT2D eigenvalue weighted by Gasteiger charge is -2.13. The first-order chi connectivity index (χ1) is 5.35. The third-order valence-corrected chi connectivity index (χ3v) is 1.42. The standard InChI is InChI=1S/C10H20N2/c1-8(11-6)7-9(2)12-10(3,4)5/h7H2,1-6H3. The van der Waals surface area contributed by atoms with E-state index in [0.29, 0.717) is 0 Å². The monoisotopic (exact) mass is 168 g/mol. The molecule has 12 heavy (non-hydrogen) atoms. The van der Waals surface area contributed by atoms with E-state index in [9.17, 15) is 0 Å². The van der Waals surface area contributed by atoms with Crippen molar-refractivity contribution in [1.29, 1.82) is 0 Å². The molecular formula is C10H20N2. The van der Waals surface area contributed by atoms with Gasteiger partial charge in [-0.25, -0.2) is 0 Å². The maximum absolute atomic E-state index is 4.53. The van der Waals surface area contributed by atoms with Crippen LogP contribution in [0.3, 0.4) is 0 Å². The topological polar surface area (TPSA) is 24.7 Å². The van der Waals surface area contributed by atoms with Gasteiger partial charge in [0.05, 0.1) is 5.54 Å². The second-order valence-corrected chi connectivity index (χ2v) is 4.15. The lowest BCUT2D eigenvalue weighted by molar-refractivity contribution is 0.582. The van der Waals surface area contributed by atoms with Crippen LogP contribution in [0.25, 0.3) is 0 Å². The van der Waals surface area contributed by atoms with E-state index in [-0.39, 0.29) is 5.54 Å². The highest BCUT2D eigenvalue weighted by molar-refractivity contribution is 6.02. The summed E-state index contributed by atoms with van der Waals surface area (Å²) >= 11 is 0. The fraction of sp³-hybridized carbons (Fsp3) is 0.800. The highest BCUT2D eigenvalue weighted by atomic mass is 14.8. The molecule has 0 aromatic heterocycles. The maximum Gasteiger partial charge on any atom is 0.0523 e. The predicted octanol–water partition coefficient (Wildman–Crippen LogP) is 2.73. The Kier molecular flexibility index (Phi) is 4.15. The van der Waals surface area contributed by atoms with Crippen molar-refractivity contribution in [2.45, 2.75) is 46.6 Å². The van der Waals surface area contributed by atoms with E-state index in [1.807, 2.05) is 14.0 Å². The van der Waals surface area contributed by atoms with Crippen LogP contribution in [-0.4, -0.2) is 24.0 Å². The third-order valence-electron chi connectivity index (χ3n) is 1.42. The number of nitrogens with zero attached hydrogens (tertiary/aromatic N) is 2. The minimum absolute atomic E-state index is 0.0398. The van der Waals surface area contributed by atoms with Crippen LogP contribution in [0.15, 0.2) is 9.98 Å². The van der Waals surface area contributed by atoms with E-state index in [1.165, 1.54) is 0 Å². The summed E-state index contributed by atoms with van der Waals surface area (Å²) in [5.74, 6) is 0. The highest BCUT2D eigenvalue weighted by Gasteiger charge is 2.07. The molecule has 0 radical (unpaired) electrons. The van der Waals surface area contributed by atoms with Crippen LogP contribution < -0.4 is 0 Å². The molecule has 0 aliphatic heterocycles. The molecule has 0 amide bonds. The summed E-state index contributed by atoms with van der Waals surface area (Å²) in [6.45, 7) is 10.4. The zero-order valence-electron chi connectivity index (χ0n) is 9.10. The molecule has 0 atom stereocenters. The number of rotatable bonds is 2. The van der Waals surface area contributed by atoms with E-state index in [0.717, 1.165) is 17.8 Å². The van der Waals surface area contributed by atoms with Gasteiger partial charge in [-0.2, -0.15) is 0 Å². The van der Waals surface area contributed by atoms with Gasteiger partial charge in [0.2, 0.25) is 0 Å². The summed E-state index contributed by atoms with van der Waals surface area (Å²) in [5, 5.41) is 0. The van der Waals surface area contributed by atoms with Crippen molar-refractivity contribution in [3.8, 4) is 0 Å². The van der Waals surface area contributed by atoms with Gasteiger partial charge < -0.3 is 0 Å². The van der Waals surface area contributed by atoms with Gasteiger partial charge in [0.15, 0.2) is 0 Å². The first-order valence-corrected chi connectivity index (χ1v) is 4.33. The summed E-state index contributed by atoms with van der Waals surface area (Å²) in [7, 11) is 1.82. The lowest BCUT2D eigenvalue weighted by atomic mass is 10.1. The van der Waals surface area contributed by atoms with E-state index < -0.39 is 0 Å². The quantitative estimate of drug-likeness (QED) is 0.566. The molecule has 70 valence electrons. The van der Waals surface area contributed by atoms with Crippen molar-refractivity contribution < 1.29 is 0 Å². The van der Waals surface area contributed by atoms with Gasteiger partial charge in [0, 0.05) is 24.9 Å². The summed E-state index contributed by atoms with van der Waals surface area (Å²) < 4.78 is 0. The van der Waals surface area contributed by atoms with Gasteiger partial charge in [-0.3, -0.25) is 9.98 Å². The van der Waals surface area contributed by atoms with E-state index in [2.05, 4.69) is 37.7 Å². The zero-order chi connectivity index (χ0) is 9.78. The Bertz CT molecular complexity index is 194. The Morgan fingerprint density at radius 3 is 1.92 bits per heavy atom. The van der Waals surface area contributed by atoms with E-state index >= 15 is 0 Å². The Morgan fingerprint density at radius 1 is 1.08 bits per heavy atom. The van der Waals surface area contributed by atoms with Gasteiger partial charge >= 0.3 is 0 Å². The van der Waals surface area contributed by atoms with Gasteiger partial charge in [0.25, 0.3) is 0 Å². The number of hydrogen-bond acceptors (Lipinski definition) is 2. The van der Waals surface area contributed by atoms with Crippen LogP contribution in [0.2, 0.25) is 0 Å². The van der Waals surface area contributed by atoms with E-state index in [4.69, 9.17) is 0 Å². The largest absolute Gasteiger partial charge is 0.297 e. The van der Waals surface area contributed by atoms with Crippen molar-refractivity contribution in [2.24, 2.45) is 9.98 Å². The number of aliphatic imine (C=N–C) groups is 2. The molecule has 0 bridgehead atoms. The minimum atomic E-state index is 0.0398. The molecule has 0 saturated heterocycles. The van der Waals surface area contributed by atoms with E-state index in [1.54, 1.807) is 0 Å². The van der Waals surface area contributed by atoms with Crippen molar-refractivity contribution in [3.05, 3.63) is 0 Å². The fourth-order valence-electron chi connectivity index (χ4n) is 1.06. The molecule has 0 aromatic rings. The Morgan fingerprint density at radius 2 is 1.58 bits per heavy atom. The molecule has 0 unspecified atom stereocenters. The molecule has 0 fully saturated rings. The van der Waals surface area contributed by atoms with Crippen molar-refractivity contribution in [3.63, 3.8) is 0 Å². The lowest BCUT2D eigenvalue weighted by Crippen LogP contribution is -2.14. The summed E-state index contributed by atoms with van der Waals surface area (Å²) in [6.07, 6.45) is 0.897. The second-order valence-electron chi connectivity index (χ2n) is 4.15. The van der Waals surface area contributed by atoms with Crippen LogP contribution in [0.1, 0.15) is 41.0 Å². The molecule has 0 saturated carbocycles. The molecule has 0 aliphatic carbocycles. The van der Waals surface area contributed by atoms with Crippen LogP contribution in [-0.2, 0) is 0 Å². The Balaban J connectivity index is 4.22. The molecule has 0 aromatic carbocycles. The van der Waals surface area contributed by atoms with Gasteiger partial charge in [-0.15, -0.1) is 0 Å². The smallest absolute Gasteiger partial charge is 0.0523 e. The average Bonchev–Trinajstić information content (AvgIpc) is 1.82. The highest BCUT2D eigenvalue weighted by Crippen LogP contribution is 2.07. The average molecular weight is 168 g/mol. The molecule has 0 aliphatic rings. The summed E-state index contributed by atoms with van der Waals surface area (Å²) in [6, 6.07) is 0. The predicted molar refractivity (Wildman–Crippen MR) is 56.5 cm³/mol. The normalized spacial score (nSPS) is 15.2. The van der Waals surface area contributed by atoms with Crippen LogP contribution in [0.5, 0.6) is 0 Å². The molecule has 2 heteroatoms. The van der Waals surface area contributed by atoms with Crippen molar-refractivity contribution in [2.75, 3.05) is 7.05 Å². The first-order valence-electron chi connectivity index (χ1n) is 4.33. The zero-order valence-corrected chi connectivity index (χ0v) is 9.10. The van der Waals surface area contributed by atoms with Crippen LogP contribution in [0.4, 0.5) is 0 Å². The molecule has 0 spiro atoms. The summed E-state index contributed by atoms with van der Waals surface area (Å²) in [5.41, 5.74) is 2.34. The minimum Gasteiger partial charge on any atom is -0.297 e. The van der Waals surface area contributed by atoms with Gasteiger partial charge in [0.1, 0.15) is 0 Å². The fourth-order valence-corrected chi connectivity index (χ4v) is 1.06. The molecular weight excluding hydrogens is 148 g/mol. The van der Waals surface area contributed by atoms with Gasteiger partial charge in [-0.05, 0) is 34.6 Å². The second kappa shape index (κ2) is 4.39. The maximum atomic E-state index is 4.53. The van der Waals surface area contributed by atoms with Crippen LogP contribution in [0, 0.1) is 0 Å². The Labute approximate surface area is 75.8 Å². The van der Waals surface area contributed by atoms with Crippen LogP contribution >= 0.6 is 0 Å².